The number of nitrogens with zero attached hydrogens (tertiary/aromatic N) is 3. The number of aliphatic imine (C=N–C) groups is 1. The number of nitrogens with one attached hydrogen (secondary N) is 2. The highest BCUT2D eigenvalue weighted by molar-refractivity contribution is 14.0. The van der Waals surface area contributed by atoms with Crippen molar-refractivity contribution in [3.63, 3.8) is 0 Å². The van der Waals surface area contributed by atoms with E-state index in [0.29, 0.717) is 24.5 Å². The molecule has 3 aliphatic rings. The van der Waals surface area contributed by atoms with Gasteiger partial charge in [0.25, 0.3) is 0 Å². The summed E-state index contributed by atoms with van der Waals surface area (Å²) >= 11 is 0. The number of benzene rings is 1. The lowest BCUT2D eigenvalue weighted by atomic mass is 9.83. The maximum absolute atomic E-state index is 12.4. The monoisotopic (exact) mass is 553 g/mol. The van der Waals surface area contributed by atoms with E-state index < -0.39 is 0 Å². The molecule has 2 saturated heterocycles. The van der Waals surface area contributed by atoms with Crippen LogP contribution in [0.5, 0.6) is 0 Å². The molecule has 2 unspecified atom stereocenters. The Morgan fingerprint density at radius 3 is 2.56 bits per heavy atom. The molecule has 32 heavy (non-hydrogen) atoms. The van der Waals surface area contributed by atoms with Crippen molar-refractivity contribution in [1.29, 1.82) is 0 Å². The Labute approximate surface area is 210 Å². The molecule has 2 aliphatic heterocycles. The number of piperidine rings is 2. The molecule has 2 N–H and O–H groups in total. The number of hydrogen-bond acceptors (Lipinski definition) is 3. The molecule has 6 nitrogen and oxygen atoms in total. The molecule has 2 heterocycles. The lowest BCUT2D eigenvalue weighted by Crippen LogP contribution is -2.57. The van der Waals surface area contributed by atoms with Crippen LogP contribution in [0.15, 0.2) is 35.3 Å². The van der Waals surface area contributed by atoms with E-state index in [1.807, 2.05) is 7.05 Å². The van der Waals surface area contributed by atoms with Crippen molar-refractivity contribution in [3.8, 4) is 0 Å². The molecule has 1 saturated carbocycles. The molecule has 1 aromatic rings. The summed E-state index contributed by atoms with van der Waals surface area (Å²) in [5.74, 6) is 1.63. The first kappa shape index (κ1) is 25.3. The van der Waals surface area contributed by atoms with Crippen molar-refractivity contribution < 1.29 is 4.79 Å². The Balaban J connectivity index is 0.00000289. The second kappa shape index (κ2) is 12.8. The van der Waals surface area contributed by atoms with Gasteiger partial charge in [0.1, 0.15) is 0 Å². The Hall–Kier alpha value is -1.35. The lowest BCUT2D eigenvalue weighted by molar-refractivity contribution is -0.120. The van der Waals surface area contributed by atoms with E-state index in [9.17, 15) is 4.79 Å². The van der Waals surface area contributed by atoms with Crippen molar-refractivity contribution in [2.75, 3.05) is 33.2 Å². The molecule has 0 radical (unpaired) electrons. The first-order valence-electron chi connectivity index (χ1n) is 12.3. The fraction of sp³-hybridized carbons (Fsp3) is 0.680. The van der Waals surface area contributed by atoms with Crippen molar-refractivity contribution in [3.05, 3.63) is 35.9 Å². The molecule has 2 atom stereocenters. The Morgan fingerprint density at radius 1 is 1.03 bits per heavy atom. The minimum Gasteiger partial charge on any atom is -0.352 e. The Kier molecular flexibility index (Phi) is 10.1. The smallest absolute Gasteiger partial charge is 0.239 e. The van der Waals surface area contributed by atoms with E-state index in [-0.39, 0.29) is 29.9 Å². The van der Waals surface area contributed by atoms with E-state index >= 15 is 0 Å². The molecule has 1 amide bonds. The lowest BCUT2D eigenvalue weighted by Gasteiger charge is -2.48. The maximum atomic E-state index is 12.4. The van der Waals surface area contributed by atoms with Crippen LogP contribution in [0.3, 0.4) is 0 Å². The van der Waals surface area contributed by atoms with Gasteiger partial charge in [-0.05, 0) is 50.1 Å². The van der Waals surface area contributed by atoms with E-state index in [1.54, 1.807) is 0 Å². The van der Waals surface area contributed by atoms with Crippen molar-refractivity contribution in [1.82, 2.24) is 20.4 Å². The Morgan fingerprint density at radius 2 is 1.81 bits per heavy atom. The normalized spacial score (nSPS) is 24.9. The number of rotatable bonds is 5. The molecule has 0 spiro atoms. The van der Waals surface area contributed by atoms with Gasteiger partial charge in [0.05, 0.1) is 6.54 Å². The van der Waals surface area contributed by atoms with Gasteiger partial charge in [0.2, 0.25) is 5.91 Å². The van der Waals surface area contributed by atoms with Gasteiger partial charge in [0, 0.05) is 38.8 Å². The zero-order chi connectivity index (χ0) is 21.5. The molecular weight excluding hydrogens is 513 g/mol. The highest BCUT2D eigenvalue weighted by atomic mass is 127. The number of guanidine groups is 1. The minimum atomic E-state index is 0. The molecule has 1 aliphatic carbocycles. The van der Waals surface area contributed by atoms with Crippen molar-refractivity contribution in [2.24, 2.45) is 10.9 Å². The number of hydrogen-bond donors (Lipinski definition) is 2. The number of carbonyl (C=O) groups excluding carboxylic acids is 1. The fourth-order valence-electron chi connectivity index (χ4n) is 5.73. The highest BCUT2D eigenvalue weighted by Gasteiger charge is 2.36. The predicted octanol–water partition coefficient (Wildman–Crippen LogP) is 3.62. The zero-order valence-corrected chi connectivity index (χ0v) is 21.8. The average molecular weight is 554 g/mol. The maximum Gasteiger partial charge on any atom is 0.239 e. The molecular formula is C25H40IN5O. The van der Waals surface area contributed by atoms with Gasteiger partial charge in [0.15, 0.2) is 5.96 Å². The molecule has 0 aromatic heterocycles. The molecule has 178 valence electrons. The molecule has 0 bridgehead atoms. The van der Waals surface area contributed by atoms with Crippen LogP contribution in [0.25, 0.3) is 0 Å². The van der Waals surface area contributed by atoms with Crippen LogP contribution < -0.4 is 10.6 Å². The summed E-state index contributed by atoms with van der Waals surface area (Å²) in [4.78, 5) is 21.9. The SMILES string of the molecule is CN=C(NCC(=O)NC1CCCCC1)N1CCC2C(CCCN2Cc2ccccc2)C1.I. The molecule has 7 heteroatoms. The van der Waals surface area contributed by atoms with Gasteiger partial charge in [-0.3, -0.25) is 14.7 Å². The summed E-state index contributed by atoms with van der Waals surface area (Å²) in [5, 5.41) is 6.52. The second-order valence-corrected chi connectivity index (χ2v) is 9.46. The Bertz CT molecular complexity index is 737. The molecule has 1 aromatic carbocycles. The first-order valence-corrected chi connectivity index (χ1v) is 12.3. The van der Waals surface area contributed by atoms with Gasteiger partial charge >= 0.3 is 0 Å². The van der Waals surface area contributed by atoms with Crippen LogP contribution in [-0.4, -0.2) is 67.0 Å². The summed E-state index contributed by atoms with van der Waals surface area (Å²) in [5.41, 5.74) is 1.41. The fourth-order valence-corrected chi connectivity index (χ4v) is 5.73. The number of carbonyl (C=O) groups is 1. The molecule has 3 fully saturated rings. The summed E-state index contributed by atoms with van der Waals surface area (Å²) in [6.07, 6.45) is 9.71. The number of amides is 1. The van der Waals surface area contributed by atoms with Gasteiger partial charge in [-0.15, -0.1) is 24.0 Å². The quantitative estimate of drug-likeness (QED) is 0.333. The number of halogens is 1. The van der Waals surface area contributed by atoms with Crippen molar-refractivity contribution >= 4 is 35.8 Å². The van der Waals surface area contributed by atoms with E-state index in [4.69, 9.17) is 0 Å². The zero-order valence-electron chi connectivity index (χ0n) is 19.5. The summed E-state index contributed by atoms with van der Waals surface area (Å²) in [6, 6.07) is 11.9. The second-order valence-electron chi connectivity index (χ2n) is 9.46. The predicted molar refractivity (Wildman–Crippen MR) is 141 cm³/mol. The van der Waals surface area contributed by atoms with Gasteiger partial charge < -0.3 is 15.5 Å². The van der Waals surface area contributed by atoms with Crippen LogP contribution in [0, 0.1) is 5.92 Å². The summed E-state index contributed by atoms with van der Waals surface area (Å²) in [7, 11) is 1.83. The van der Waals surface area contributed by atoms with Crippen LogP contribution in [0.2, 0.25) is 0 Å². The van der Waals surface area contributed by atoms with E-state index in [0.717, 1.165) is 44.9 Å². The third kappa shape index (κ3) is 6.83. The summed E-state index contributed by atoms with van der Waals surface area (Å²) < 4.78 is 0. The number of likely N-dealkylation sites (tertiary alicyclic amines) is 2. The topological polar surface area (TPSA) is 60.0 Å². The first-order chi connectivity index (χ1) is 15.2. The van der Waals surface area contributed by atoms with Gasteiger partial charge in [-0.25, -0.2) is 0 Å². The van der Waals surface area contributed by atoms with Crippen LogP contribution >= 0.6 is 24.0 Å². The standard InChI is InChI=1S/C25H39N5O.HI/c1-26-25(27-17-24(31)28-22-12-6-3-7-13-22)30-16-14-23-21(19-30)11-8-15-29(23)18-20-9-4-2-5-10-20;/h2,4-5,9-10,21-23H,3,6-8,11-19H2,1H3,(H,26,27)(H,28,31);1H. The summed E-state index contributed by atoms with van der Waals surface area (Å²) in [6.45, 7) is 4.59. The third-order valence-electron chi connectivity index (χ3n) is 7.30. The average Bonchev–Trinajstić information content (AvgIpc) is 2.81. The third-order valence-corrected chi connectivity index (χ3v) is 7.30. The number of fused-ring (bicyclic) bond motifs is 1. The van der Waals surface area contributed by atoms with Crippen LogP contribution in [0.1, 0.15) is 56.9 Å². The van der Waals surface area contributed by atoms with Crippen molar-refractivity contribution in [2.45, 2.75) is 70.0 Å². The largest absolute Gasteiger partial charge is 0.352 e. The molecule has 4 rings (SSSR count). The van der Waals surface area contributed by atoms with Crippen LogP contribution in [0.4, 0.5) is 0 Å². The van der Waals surface area contributed by atoms with Gasteiger partial charge in [-0.1, -0.05) is 49.6 Å². The minimum absolute atomic E-state index is 0. The van der Waals surface area contributed by atoms with Gasteiger partial charge in [-0.2, -0.15) is 0 Å². The van der Waals surface area contributed by atoms with E-state index in [1.165, 1.54) is 44.2 Å². The highest BCUT2D eigenvalue weighted by Crippen LogP contribution is 2.31. The van der Waals surface area contributed by atoms with E-state index in [2.05, 4.69) is 55.8 Å². The van der Waals surface area contributed by atoms with Crippen LogP contribution in [-0.2, 0) is 11.3 Å².